The second kappa shape index (κ2) is 8.22. The highest BCUT2D eigenvalue weighted by Gasteiger charge is 2.23. The zero-order valence-corrected chi connectivity index (χ0v) is 15.5. The van der Waals surface area contributed by atoms with E-state index in [9.17, 15) is 4.39 Å². The minimum atomic E-state index is -0.468. The molecule has 2 N–H and O–H groups in total. The summed E-state index contributed by atoms with van der Waals surface area (Å²) in [5, 5.41) is 7.62. The normalized spacial score (nSPS) is 20.1. The van der Waals surface area contributed by atoms with E-state index in [2.05, 4.69) is 15.3 Å². The number of rotatable bonds is 6. The Kier molecular flexibility index (Phi) is 5.75. The third-order valence-corrected chi connectivity index (χ3v) is 4.30. The van der Waals surface area contributed by atoms with E-state index in [1.807, 2.05) is 13.0 Å². The summed E-state index contributed by atoms with van der Waals surface area (Å²) in [6, 6.07) is 6.72. The first-order valence-electron chi connectivity index (χ1n) is 8.15. The summed E-state index contributed by atoms with van der Waals surface area (Å²) < 4.78 is 29.1. The number of ether oxygens (including phenoxy) is 2. The van der Waals surface area contributed by atoms with Crippen molar-refractivity contribution in [3.63, 3.8) is 0 Å². The van der Waals surface area contributed by atoms with Crippen LogP contribution in [-0.4, -0.2) is 29.3 Å². The van der Waals surface area contributed by atoms with Gasteiger partial charge in [0.25, 0.3) is 0 Å². The molecule has 3 rings (SSSR count). The molecule has 0 bridgehead atoms. The van der Waals surface area contributed by atoms with Gasteiger partial charge in [0.1, 0.15) is 23.9 Å². The number of hydrogen-bond donors (Lipinski definition) is 1. The molecule has 0 spiro atoms. The Morgan fingerprint density at radius 3 is 2.89 bits per heavy atom. The molecule has 0 fully saturated rings. The number of nitrogens with two attached hydrogens (primary N) is 1. The molecule has 1 aromatic heterocycles. The van der Waals surface area contributed by atoms with E-state index in [-0.39, 0.29) is 29.1 Å². The van der Waals surface area contributed by atoms with Gasteiger partial charge in [-0.05, 0) is 29.4 Å². The monoisotopic (exact) mass is 392 g/mol. The van der Waals surface area contributed by atoms with Crippen LogP contribution in [0.15, 0.2) is 56.9 Å². The van der Waals surface area contributed by atoms with Gasteiger partial charge in [0.2, 0.25) is 0 Å². The van der Waals surface area contributed by atoms with Crippen molar-refractivity contribution in [2.45, 2.75) is 19.6 Å². The number of hydrogen-bond acceptors (Lipinski definition) is 6. The Hall–Kier alpha value is -2.87. The third kappa shape index (κ3) is 4.46. The van der Waals surface area contributed by atoms with Crippen LogP contribution in [0.25, 0.3) is 0 Å². The lowest BCUT2D eigenvalue weighted by atomic mass is 9.97. The van der Waals surface area contributed by atoms with E-state index >= 15 is 0 Å². The predicted octanol–water partition coefficient (Wildman–Crippen LogP) is 3.36. The quantitative estimate of drug-likeness (QED) is 0.598. The fourth-order valence-corrected chi connectivity index (χ4v) is 2.70. The first-order chi connectivity index (χ1) is 13.0. The molecule has 1 aliphatic rings. The summed E-state index contributed by atoms with van der Waals surface area (Å²) in [6.45, 7) is 1.89. The standard InChI is InChI=1S/C18H18ClFN4O3/c1-10-6-14(20)13(19)8-15(10)22-18(21)17-16(23-27-24-17)9-26-12-5-3-4-11(7-12)25-2/h3-8,10,15H,9H2,1-2H3,(H2,21,22)/t10-,15?/m0/s1. The molecule has 7 nitrogen and oxygen atoms in total. The van der Waals surface area contributed by atoms with Gasteiger partial charge < -0.3 is 15.2 Å². The number of halogens is 2. The Morgan fingerprint density at radius 2 is 2.11 bits per heavy atom. The van der Waals surface area contributed by atoms with Crippen LogP contribution >= 0.6 is 11.6 Å². The van der Waals surface area contributed by atoms with Gasteiger partial charge in [-0.15, -0.1) is 0 Å². The summed E-state index contributed by atoms with van der Waals surface area (Å²) in [5.41, 5.74) is 6.71. The third-order valence-electron chi connectivity index (χ3n) is 4.00. The molecule has 1 aromatic carbocycles. The smallest absolute Gasteiger partial charge is 0.176 e. The molecule has 9 heteroatoms. The molecular formula is C18H18ClFN4O3. The number of aliphatic imine (C=N–C) groups is 1. The van der Waals surface area contributed by atoms with Crippen molar-refractivity contribution >= 4 is 17.4 Å². The van der Waals surface area contributed by atoms with Crippen LogP contribution in [0.5, 0.6) is 11.5 Å². The van der Waals surface area contributed by atoms with Gasteiger partial charge in [0, 0.05) is 12.0 Å². The predicted molar refractivity (Wildman–Crippen MR) is 98.4 cm³/mol. The average molecular weight is 393 g/mol. The van der Waals surface area contributed by atoms with E-state index < -0.39 is 11.9 Å². The summed E-state index contributed by atoms with van der Waals surface area (Å²) in [7, 11) is 1.57. The summed E-state index contributed by atoms with van der Waals surface area (Å²) >= 11 is 5.84. The molecule has 0 amide bonds. The molecule has 0 saturated carbocycles. The number of amidine groups is 1. The lowest BCUT2D eigenvalue weighted by molar-refractivity contribution is 0.269. The van der Waals surface area contributed by atoms with Crippen molar-refractivity contribution in [2.24, 2.45) is 16.6 Å². The maximum Gasteiger partial charge on any atom is 0.176 e. The van der Waals surface area contributed by atoms with Gasteiger partial charge in [-0.1, -0.05) is 29.7 Å². The molecule has 1 unspecified atom stereocenters. The highest BCUT2D eigenvalue weighted by Crippen LogP contribution is 2.28. The fraction of sp³-hybridized carbons (Fsp3) is 0.278. The number of nitrogens with zero attached hydrogens (tertiary/aromatic N) is 3. The molecule has 2 aromatic rings. The minimum absolute atomic E-state index is 0.00881. The second-order valence-corrected chi connectivity index (χ2v) is 6.33. The lowest BCUT2D eigenvalue weighted by Crippen LogP contribution is -2.23. The van der Waals surface area contributed by atoms with Crippen molar-refractivity contribution in [3.8, 4) is 11.5 Å². The van der Waals surface area contributed by atoms with Gasteiger partial charge in [-0.2, -0.15) is 0 Å². The van der Waals surface area contributed by atoms with E-state index in [4.69, 9.17) is 31.4 Å². The molecule has 1 aliphatic carbocycles. The molecule has 142 valence electrons. The lowest BCUT2D eigenvalue weighted by Gasteiger charge is -2.19. The summed E-state index contributed by atoms with van der Waals surface area (Å²) in [5.74, 6) is 0.693. The Balaban J connectivity index is 1.74. The Bertz CT molecular complexity index is 910. The second-order valence-electron chi connectivity index (χ2n) is 5.92. The Morgan fingerprint density at radius 1 is 1.33 bits per heavy atom. The van der Waals surface area contributed by atoms with Crippen LogP contribution in [0, 0.1) is 5.92 Å². The minimum Gasteiger partial charge on any atom is -0.497 e. The van der Waals surface area contributed by atoms with Gasteiger partial charge >= 0.3 is 0 Å². The molecule has 1 heterocycles. The molecule has 0 saturated heterocycles. The van der Waals surface area contributed by atoms with Crippen LogP contribution in [-0.2, 0) is 6.61 Å². The van der Waals surface area contributed by atoms with Crippen LogP contribution < -0.4 is 15.2 Å². The van der Waals surface area contributed by atoms with Crippen molar-refractivity contribution in [1.82, 2.24) is 10.3 Å². The number of aromatic nitrogens is 2. The molecule has 2 atom stereocenters. The average Bonchev–Trinajstić information content (AvgIpc) is 3.13. The van der Waals surface area contributed by atoms with Crippen LogP contribution in [0.2, 0.25) is 0 Å². The van der Waals surface area contributed by atoms with E-state index in [0.29, 0.717) is 17.2 Å². The zero-order chi connectivity index (χ0) is 19.4. The summed E-state index contributed by atoms with van der Waals surface area (Å²) in [4.78, 5) is 4.37. The van der Waals surface area contributed by atoms with Crippen molar-refractivity contribution in [3.05, 3.63) is 58.7 Å². The van der Waals surface area contributed by atoms with E-state index in [0.717, 1.165) is 0 Å². The maximum atomic E-state index is 13.5. The molecule has 0 radical (unpaired) electrons. The maximum absolute atomic E-state index is 13.5. The van der Waals surface area contributed by atoms with E-state index in [1.54, 1.807) is 25.3 Å². The SMILES string of the molecule is COc1cccc(OCc2nonc2C(N)=NC2C=C(Cl)C(F)=C[C@@H]2C)c1. The van der Waals surface area contributed by atoms with Crippen LogP contribution in [0.4, 0.5) is 4.39 Å². The van der Waals surface area contributed by atoms with Crippen molar-refractivity contribution in [2.75, 3.05) is 7.11 Å². The first-order valence-corrected chi connectivity index (χ1v) is 8.52. The van der Waals surface area contributed by atoms with Gasteiger partial charge in [-0.3, -0.25) is 4.99 Å². The fourth-order valence-electron chi connectivity index (χ4n) is 2.51. The Labute approximate surface area is 160 Å². The first kappa shape index (κ1) is 18.9. The zero-order valence-electron chi connectivity index (χ0n) is 14.7. The summed E-state index contributed by atoms with van der Waals surface area (Å²) in [6.07, 6.45) is 2.91. The topological polar surface area (TPSA) is 95.8 Å². The number of methoxy groups -OCH3 is 1. The molecular weight excluding hydrogens is 375 g/mol. The van der Waals surface area contributed by atoms with Crippen molar-refractivity contribution in [1.29, 1.82) is 0 Å². The van der Waals surface area contributed by atoms with Crippen molar-refractivity contribution < 1.29 is 18.5 Å². The molecule has 0 aliphatic heterocycles. The van der Waals surface area contributed by atoms with Gasteiger partial charge in [-0.25, -0.2) is 9.02 Å². The van der Waals surface area contributed by atoms with Crippen LogP contribution in [0.1, 0.15) is 18.3 Å². The highest BCUT2D eigenvalue weighted by molar-refractivity contribution is 6.31. The largest absolute Gasteiger partial charge is 0.497 e. The number of allylic oxidation sites excluding steroid dienone is 2. The molecule has 27 heavy (non-hydrogen) atoms. The van der Waals surface area contributed by atoms with Gasteiger partial charge in [0.15, 0.2) is 17.2 Å². The van der Waals surface area contributed by atoms with E-state index in [1.165, 1.54) is 12.2 Å². The number of benzene rings is 1. The van der Waals surface area contributed by atoms with Crippen LogP contribution in [0.3, 0.4) is 0 Å². The van der Waals surface area contributed by atoms with Gasteiger partial charge in [0.05, 0.1) is 18.2 Å². The highest BCUT2D eigenvalue weighted by atomic mass is 35.5.